The number of nitrogens with zero attached hydrogens (tertiary/aromatic N) is 4. The van der Waals surface area contributed by atoms with Gasteiger partial charge in [-0.25, -0.2) is 0 Å². The maximum atomic E-state index is 6.44. The third kappa shape index (κ3) is 2.50. The maximum Gasteiger partial charge on any atom is 0.0987 e. The molecule has 0 unspecified atom stereocenters. The lowest BCUT2D eigenvalue weighted by Crippen LogP contribution is -1.99. The molecule has 0 fully saturated rings. The summed E-state index contributed by atoms with van der Waals surface area (Å²) in [5.74, 6) is 0. The second-order valence-electron chi connectivity index (χ2n) is 8.41. The molecule has 0 aliphatic heterocycles. The van der Waals surface area contributed by atoms with E-state index in [0.717, 1.165) is 65.5 Å². The molecule has 0 spiro atoms. The highest BCUT2D eigenvalue weighted by molar-refractivity contribution is 6.23. The molecule has 0 saturated carbocycles. The van der Waals surface area contributed by atoms with Crippen molar-refractivity contribution >= 4 is 65.8 Å². The van der Waals surface area contributed by atoms with Crippen LogP contribution < -0.4 is 11.5 Å². The van der Waals surface area contributed by atoms with Gasteiger partial charge in [-0.3, -0.25) is 19.9 Å². The molecule has 6 heteroatoms. The molecule has 4 heterocycles. The van der Waals surface area contributed by atoms with Crippen LogP contribution in [-0.2, 0) is 0 Å². The molecule has 0 aliphatic carbocycles. The largest absolute Gasteiger partial charge is 0.396 e. The van der Waals surface area contributed by atoms with Crippen LogP contribution in [0, 0.1) is 0 Å². The van der Waals surface area contributed by atoms with E-state index < -0.39 is 0 Å². The van der Waals surface area contributed by atoms with Crippen molar-refractivity contribution in [2.45, 2.75) is 0 Å². The van der Waals surface area contributed by atoms with Crippen molar-refractivity contribution in [3.05, 3.63) is 85.5 Å². The number of fused-ring (bicyclic) bond motifs is 9. The molecule has 0 aliphatic rings. The Balaban J connectivity index is 1.53. The highest BCUT2D eigenvalue weighted by Crippen LogP contribution is 2.38. The summed E-state index contributed by atoms with van der Waals surface area (Å²) < 4.78 is 0. The molecule has 0 radical (unpaired) electrons. The molecule has 6 nitrogen and oxygen atoms in total. The normalized spacial score (nSPS) is 11.8. The van der Waals surface area contributed by atoms with E-state index >= 15 is 0 Å². The standard InChI is InChI=1S/C28H18N6/c29-23-20-8-4-10-32-26(20)28-22(24(23)30)12-16(14-34-28)15-11-21-18-6-2-1-5-17(18)19-7-3-9-31-25(19)27(21)33-13-15/h1-14H,29-30H2. The predicted octanol–water partition coefficient (Wildman–Crippen LogP) is 5.86. The molecule has 3 aromatic carbocycles. The number of rotatable bonds is 1. The molecule has 0 amide bonds. The molecular weight excluding hydrogens is 420 g/mol. The van der Waals surface area contributed by atoms with Crippen molar-refractivity contribution in [3.63, 3.8) is 0 Å². The second-order valence-corrected chi connectivity index (χ2v) is 8.41. The zero-order valence-electron chi connectivity index (χ0n) is 18.0. The number of hydrogen-bond donors (Lipinski definition) is 2. The summed E-state index contributed by atoms with van der Waals surface area (Å²) in [6.45, 7) is 0. The number of nitrogen functional groups attached to an aromatic ring is 2. The Morgan fingerprint density at radius 3 is 1.62 bits per heavy atom. The van der Waals surface area contributed by atoms with Gasteiger partial charge in [-0.2, -0.15) is 0 Å². The van der Waals surface area contributed by atoms with Gasteiger partial charge in [-0.1, -0.05) is 30.3 Å². The van der Waals surface area contributed by atoms with Crippen LogP contribution in [0.15, 0.2) is 85.5 Å². The molecule has 0 saturated heterocycles. The van der Waals surface area contributed by atoms with Crippen LogP contribution in [0.5, 0.6) is 0 Å². The van der Waals surface area contributed by atoms with Crippen molar-refractivity contribution in [2.24, 2.45) is 0 Å². The van der Waals surface area contributed by atoms with Gasteiger partial charge in [0.25, 0.3) is 0 Å². The van der Waals surface area contributed by atoms with Crippen LogP contribution in [0.1, 0.15) is 0 Å². The highest BCUT2D eigenvalue weighted by Gasteiger charge is 2.15. The molecule has 0 atom stereocenters. The molecular formula is C28H18N6. The van der Waals surface area contributed by atoms with Crippen molar-refractivity contribution in [2.75, 3.05) is 11.5 Å². The van der Waals surface area contributed by atoms with E-state index in [1.54, 1.807) is 6.20 Å². The first-order valence-corrected chi connectivity index (χ1v) is 11.0. The minimum Gasteiger partial charge on any atom is -0.396 e. The third-order valence-corrected chi connectivity index (χ3v) is 6.55. The summed E-state index contributed by atoms with van der Waals surface area (Å²) in [7, 11) is 0. The van der Waals surface area contributed by atoms with Gasteiger partial charge >= 0.3 is 0 Å². The van der Waals surface area contributed by atoms with Crippen molar-refractivity contribution in [1.82, 2.24) is 19.9 Å². The fraction of sp³-hybridized carbons (Fsp3) is 0. The van der Waals surface area contributed by atoms with Gasteiger partial charge in [0.15, 0.2) is 0 Å². The van der Waals surface area contributed by atoms with E-state index in [-0.39, 0.29) is 0 Å². The smallest absolute Gasteiger partial charge is 0.0987 e. The first kappa shape index (κ1) is 18.7. The Bertz CT molecular complexity index is 1910. The van der Waals surface area contributed by atoms with Crippen molar-refractivity contribution in [3.8, 4) is 11.1 Å². The van der Waals surface area contributed by atoms with Gasteiger partial charge in [0.1, 0.15) is 0 Å². The minimum absolute atomic E-state index is 0.513. The van der Waals surface area contributed by atoms with E-state index in [1.165, 1.54) is 0 Å². The fourth-order valence-electron chi connectivity index (χ4n) is 4.90. The van der Waals surface area contributed by atoms with Crippen LogP contribution in [0.2, 0.25) is 0 Å². The SMILES string of the molecule is Nc1c(N)c2cc(-c3cnc4c(c3)c3ccccc3c3cccnc34)cnc2c2ncccc12. The van der Waals surface area contributed by atoms with Gasteiger partial charge in [0.2, 0.25) is 0 Å². The predicted molar refractivity (Wildman–Crippen MR) is 139 cm³/mol. The fourth-order valence-corrected chi connectivity index (χ4v) is 4.90. The highest BCUT2D eigenvalue weighted by atomic mass is 14.8. The molecule has 7 rings (SSSR count). The van der Waals surface area contributed by atoms with Crippen molar-refractivity contribution < 1.29 is 0 Å². The average molecular weight is 438 g/mol. The van der Waals surface area contributed by atoms with Gasteiger partial charge in [-0.05, 0) is 41.1 Å². The summed E-state index contributed by atoms with van der Waals surface area (Å²) >= 11 is 0. The van der Waals surface area contributed by atoms with Gasteiger partial charge in [-0.15, -0.1) is 0 Å². The molecule has 7 aromatic rings. The molecule has 4 N–H and O–H groups in total. The lowest BCUT2D eigenvalue weighted by atomic mass is 9.97. The number of pyridine rings is 4. The number of benzene rings is 3. The quantitative estimate of drug-likeness (QED) is 0.189. The Morgan fingerprint density at radius 2 is 0.912 bits per heavy atom. The first-order valence-electron chi connectivity index (χ1n) is 11.0. The maximum absolute atomic E-state index is 6.44. The van der Waals surface area contributed by atoms with Crippen molar-refractivity contribution in [1.29, 1.82) is 0 Å². The van der Waals surface area contributed by atoms with Crippen LogP contribution >= 0.6 is 0 Å². The minimum atomic E-state index is 0.513. The Hall–Kier alpha value is -4.84. The first-order chi connectivity index (χ1) is 16.7. The van der Waals surface area contributed by atoms with Crippen LogP contribution in [0.25, 0.3) is 65.5 Å². The third-order valence-electron chi connectivity index (χ3n) is 6.55. The lowest BCUT2D eigenvalue weighted by molar-refractivity contribution is 1.36. The van der Waals surface area contributed by atoms with Gasteiger partial charge in [0.05, 0.1) is 33.4 Å². The van der Waals surface area contributed by atoms with Crippen LogP contribution in [0.4, 0.5) is 11.4 Å². The van der Waals surface area contributed by atoms with Gasteiger partial charge in [0, 0.05) is 57.5 Å². The van der Waals surface area contributed by atoms with E-state index in [2.05, 4.69) is 46.4 Å². The summed E-state index contributed by atoms with van der Waals surface area (Å²) in [6, 6.07) is 20.4. The zero-order valence-corrected chi connectivity index (χ0v) is 18.0. The van der Waals surface area contributed by atoms with E-state index in [9.17, 15) is 0 Å². The number of aromatic nitrogens is 4. The molecule has 160 valence electrons. The number of nitrogens with two attached hydrogens (primary N) is 2. The van der Waals surface area contributed by atoms with Crippen LogP contribution in [-0.4, -0.2) is 19.9 Å². The molecule has 0 bridgehead atoms. The monoisotopic (exact) mass is 438 g/mol. The Labute approximate surface area is 193 Å². The van der Waals surface area contributed by atoms with Crippen LogP contribution in [0.3, 0.4) is 0 Å². The number of hydrogen-bond acceptors (Lipinski definition) is 6. The van der Waals surface area contributed by atoms with E-state index in [4.69, 9.17) is 21.4 Å². The second kappa shape index (κ2) is 6.83. The summed E-state index contributed by atoms with van der Waals surface area (Å²) in [6.07, 6.45) is 7.26. The summed E-state index contributed by atoms with van der Waals surface area (Å²) in [5.41, 5.74) is 18.9. The summed E-state index contributed by atoms with van der Waals surface area (Å²) in [4.78, 5) is 18.7. The average Bonchev–Trinajstić information content (AvgIpc) is 2.91. The van der Waals surface area contributed by atoms with E-state index in [1.807, 2.05) is 42.9 Å². The topological polar surface area (TPSA) is 104 Å². The van der Waals surface area contributed by atoms with Gasteiger partial charge < -0.3 is 11.5 Å². The zero-order chi connectivity index (χ0) is 22.8. The molecule has 4 aromatic heterocycles. The lowest BCUT2D eigenvalue weighted by Gasteiger charge is -2.12. The van der Waals surface area contributed by atoms with E-state index in [0.29, 0.717) is 11.4 Å². The number of anilines is 2. The Kier molecular flexibility index (Phi) is 3.76. The molecule has 34 heavy (non-hydrogen) atoms. The Morgan fingerprint density at radius 1 is 0.441 bits per heavy atom. The summed E-state index contributed by atoms with van der Waals surface area (Å²) in [5, 5.41) is 6.04.